The van der Waals surface area contributed by atoms with Crippen molar-refractivity contribution in [1.82, 2.24) is 0 Å². The molecule has 4 heterocycles. The number of ether oxygens (including phenoxy) is 5. The molecule has 0 aliphatic carbocycles. The van der Waals surface area contributed by atoms with Crippen molar-refractivity contribution >= 4 is 35.3 Å². The predicted octanol–water partition coefficient (Wildman–Crippen LogP) is 2.00. The normalized spacial score (nSPS) is 25.6. The van der Waals surface area contributed by atoms with Crippen LogP contribution in [0.4, 0.5) is 0 Å². The number of aliphatic imine (C=N–C) groups is 3. The monoisotopic (exact) mass is 816 g/mol. The first kappa shape index (κ1) is 40.8. The molecule has 4 aliphatic heterocycles. The van der Waals surface area contributed by atoms with Gasteiger partial charge in [-0.25, -0.2) is 14.8 Å². The second-order valence-electron chi connectivity index (χ2n) is 14.0. The van der Waals surface area contributed by atoms with Gasteiger partial charge in [0.25, 0.3) is 0 Å². The summed E-state index contributed by atoms with van der Waals surface area (Å²) in [6, 6.07) is 11.7. The maximum atomic E-state index is 12.4. The molecular weight excluding hydrogens is 776 g/mol. The van der Waals surface area contributed by atoms with Gasteiger partial charge in [-0.05, 0) is 60.0 Å². The van der Waals surface area contributed by atoms with Gasteiger partial charge in [0.15, 0.2) is 17.6 Å². The summed E-state index contributed by atoms with van der Waals surface area (Å²) in [4.78, 5) is 24.2. The van der Waals surface area contributed by atoms with Crippen LogP contribution in [-0.4, -0.2) is 125 Å². The van der Waals surface area contributed by atoms with Gasteiger partial charge in [-0.3, -0.25) is 10.4 Å². The molecule has 0 amide bonds. The van der Waals surface area contributed by atoms with Crippen molar-refractivity contribution in [2.45, 2.75) is 68.5 Å². The van der Waals surface area contributed by atoms with Crippen LogP contribution in [0.15, 0.2) is 81.7 Å². The van der Waals surface area contributed by atoms with Gasteiger partial charge in [0, 0.05) is 29.8 Å². The number of phenolic OH excluding ortho intramolecular Hbond substituents is 2. The average Bonchev–Trinajstić information content (AvgIpc) is 3.89. The number of phenols is 2. The lowest BCUT2D eigenvalue weighted by Gasteiger charge is -2.46. The van der Waals surface area contributed by atoms with Crippen molar-refractivity contribution in [3.8, 4) is 34.5 Å². The van der Waals surface area contributed by atoms with Gasteiger partial charge in [0.1, 0.15) is 77.4 Å². The van der Waals surface area contributed by atoms with Gasteiger partial charge < -0.3 is 69.6 Å². The number of carboxylic acid groups (broad SMARTS) is 1. The number of aliphatic hydroxyl groups excluding tert-OH is 5. The summed E-state index contributed by atoms with van der Waals surface area (Å²) >= 11 is 0. The second kappa shape index (κ2) is 16.5. The molecule has 310 valence electrons. The Kier molecular flexibility index (Phi) is 11.4. The van der Waals surface area contributed by atoms with E-state index in [4.69, 9.17) is 29.1 Å². The quantitative estimate of drug-likeness (QED) is 0.104. The number of rotatable bonds is 14. The van der Waals surface area contributed by atoms with Crippen molar-refractivity contribution < 1.29 is 74.4 Å². The van der Waals surface area contributed by atoms with Crippen LogP contribution in [0.2, 0.25) is 0 Å². The van der Waals surface area contributed by atoms with Crippen molar-refractivity contribution in [3.63, 3.8) is 0 Å². The number of aliphatic hydroxyl groups is 6. The van der Waals surface area contributed by atoms with Crippen molar-refractivity contribution in [3.05, 3.63) is 89.0 Å². The minimum Gasteiger partial charge on any atom is -0.508 e. The van der Waals surface area contributed by atoms with Crippen LogP contribution in [-0.2, 0) is 16.0 Å². The Morgan fingerprint density at radius 1 is 1.07 bits per heavy atom. The van der Waals surface area contributed by atoms with Crippen LogP contribution in [0.5, 0.6) is 34.5 Å². The van der Waals surface area contributed by atoms with E-state index >= 15 is 0 Å². The summed E-state index contributed by atoms with van der Waals surface area (Å²) in [5.41, 5.74) is -1.25. The number of benzene rings is 3. The molecule has 3 aromatic rings. The van der Waals surface area contributed by atoms with Crippen molar-refractivity contribution in [2.24, 2.45) is 15.0 Å². The number of nitrogens with one attached hydrogen (secondary N) is 1. The number of hydrogen-bond acceptors (Lipinski definition) is 17. The zero-order valence-electron chi connectivity index (χ0n) is 31.1. The fraction of sp³-hybridized carbons (Fsp3) is 0.325. The van der Waals surface area contributed by atoms with E-state index in [0.29, 0.717) is 23.3 Å². The largest absolute Gasteiger partial charge is 0.508 e. The van der Waals surface area contributed by atoms with Crippen LogP contribution in [0.1, 0.15) is 48.0 Å². The van der Waals surface area contributed by atoms with Gasteiger partial charge in [0.05, 0.1) is 12.3 Å². The molecule has 1 saturated heterocycles. The second-order valence-corrected chi connectivity index (χ2v) is 14.0. The summed E-state index contributed by atoms with van der Waals surface area (Å²) in [5, 5.41) is 106. The summed E-state index contributed by atoms with van der Waals surface area (Å²) in [6.45, 7) is 1.68. The highest BCUT2D eigenvalue weighted by Crippen LogP contribution is 2.52. The number of amidine groups is 1. The molecule has 0 saturated carbocycles. The fourth-order valence-corrected chi connectivity index (χ4v) is 6.87. The Morgan fingerprint density at radius 2 is 1.83 bits per heavy atom. The molecule has 3 aromatic carbocycles. The highest BCUT2D eigenvalue weighted by molar-refractivity contribution is 6.15. The molecule has 0 radical (unpaired) electrons. The zero-order chi connectivity index (χ0) is 42.2. The number of carboxylic acids is 1. The highest BCUT2D eigenvalue weighted by Gasteiger charge is 2.59. The summed E-state index contributed by atoms with van der Waals surface area (Å²) < 4.78 is 29.1. The maximum absolute atomic E-state index is 12.4. The third-order valence-corrected chi connectivity index (χ3v) is 9.93. The molecule has 0 bridgehead atoms. The number of fused-ring (bicyclic) bond motifs is 1. The molecular formula is C40H40N4O15. The average molecular weight is 817 g/mol. The van der Waals surface area contributed by atoms with Crippen molar-refractivity contribution in [2.75, 3.05) is 13.2 Å². The lowest BCUT2D eigenvalue weighted by molar-refractivity contribution is -0.303. The standard InChI is InChI=1S/C40H40N4O15/c1-2-18-9-20(11-22(45)10-18)38(53)58-34-29(57-39-33(49)35(50)40(54,36(59-39)37(51)52)14-21-15-42-17-43-21)13-28-31(32(34)48)25(46)12-27(56-28)19-3-5-23(6-4-19)55-16-26(47)24-7-8-30(41)44-24/h3-13,17,26-27,33,35-36,38-39,41,45-50,53-54H,2,14-16H2,1H3,(H,51,52)/t26-,27?,33+,35-,36+,38+,39+,40-/m0/s1. The van der Waals surface area contributed by atoms with Crippen LogP contribution < -0.4 is 18.9 Å². The predicted molar refractivity (Wildman–Crippen MR) is 207 cm³/mol. The third-order valence-electron chi connectivity index (χ3n) is 9.93. The molecule has 1 fully saturated rings. The van der Waals surface area contributed by atoms with Crippen LogP contribution in [0, 0.1) is 5.41 Å². The zero-order valence-corrected chi connectivity index (χ0v) is 31.1. The van der Waals surface area contributed by atoms with Gasteiger partial charge in [-0.15, -0.1) is 0 Å². The topological polar surface area (TPSA) is 306 Å². The Hall–Kier alpha value is -6.35. The molecule has 0 spiro atoms. The fourth-order valence-electron chi connectivity index (χ4n) is 6.87. The Morgan fingerprint density at radius 3 is 2.49 bits per heavy atom. The maximum Gasteiger partial charge on any atom is 0.336 e. The number of hydrogen-bond donors (Lipinski definition) is 10. The number of aryl methyl sites for hydroxylation is 1. The molecule has 8 atom stereocenters. The lowest BCUT2D eigenvalue weighted by Crippen LogP contribution is -2.69. The molecule has 7 rings (SSSR count). The summed E-state index contributed by atoms with van der Waals surface area (Å²) in [7, 11) is 0. The van der Waals surface area contributed by atoms with E-state index in [-0.39, 0.29) is 53.0 Å². The van der Waals surface area contributed by atoms with E-state index in [1.54, 1.807) is 24.3 Å². The van der Waals surface area contributed by atoms with Crippen LogP contribution in [0.25, 0.3) is 5.76 Å². The molecule has 4 aliphatic rings. The van der Waals surface area contributed by atoms with E-state index in [0.717, 1.165) is 6.07 Å². The lowest BCUT2D eigenvalue weighted by atomic mass is 9.80. The molecule has 19 heteroatoms. The Balaban J connectivity index is 1.19. The van der Waals surface area contributed by atoms with Gasteiger partial charge >= 0.3 is 5.97 Å². The van der Waals surface area contributed by atoms with Crippen LogP contribution in [0.3, 0.4) is 0 Å². The van der Waals surface area contributed by atoms with E-state index < -0.39 is 84.1 Å². The number of nitrogens with zero attached hydrogens (tertiary/aromatic N) is 3. The third kappa shape index (κ3) is 8.33. The van der Waals surface area contributed by atoms with Crippen molar-refractivity contribution in [1.29, 1.82) is 5.41 Å². The molecule has 10 N–H and O–H groups in total. The minimum absolute atomic E-state index is 0.0140. The smallest absolute Gasteiger partial charge is 0.336 e. The van der Waals surface area contributed by atoms with Gasteiger partial charge in [-0.2, -0.15) is 0 Å². The van der Waals surface area contributed by atoms with Gasteiger partial charge in [0.2, 0.25) is 18.3 Å². The molecule has 1 unspecified atom stereocenters. The Labute approximate surface area is 334 Å². The highest BCUT2D eigenvalue weighted by atomic mass is 16.7. The van der Waals surface area contributed by atoms with Crippen LogP contribution >= 0.6 is 0 Å². The van der Waals surface area contributed by atoms with E-state index in [1.807, 2.05) is 6.92 Å². The first-order chi connectivity index (χ1) is 28.1. The summed E-state index contributed by atoms with van der Waals surface area (Å²) in [6.07, 6.45) is -7.18. The van der Waals surface area contributed by atoms with E-state index in [9.17, 15) is 50.8 Å². The number of aliphatic carboxylic acids is 1. The number of carbonyl (C=O) groups is 1. The first-order valence-corrected chi connectivity index (χ1v) is 18.2. The molecule has 0 aromatic heterocycles. The minimum atomic E-state index is -2.60. The first-order valence-electron chi connectivity index (χ1n) is 18.2. The van der Waals surface area contributed by atoms with Gasteiger partial charge in [-0.1, -0.05) is 19.1 Å². The molecule has 59 heavy (non-hydrogen) atoms. The van der Waals surface area contributed by atoms with E-state index in [1.165, 1.54) is 42.8 Å². The molecule has 19 nitrogen and oxygen atoms in total. The number of aromatic hydroxyl groups is 2. The van der Waals surface area contributed by atoms with E-state index in [2.05, 4.69) is 15.0 Å². The summed E-state index contributed by atoms with van der Waals surface area (Å²) in [5.74, 6) is -4.29. The Bertz CT molecular complexity index is 2290. The SMILES string of the molecule is CCc1cc(O)cc([C@H](O)Oc2c(O[C@@H]3O[C@H](C(=O)O)[C@](O)(CC4=NC=NC4)[C@@H](O)[C@H]3O)cc3c(c2O)C(O)=CC(c2ccc(OC[C@H](O)C4=NC(=N)C=C4)cc2)O3)c1.